The van der Waals surface area contributed by atoms with Crippen molar-refractivity contribution < 1.29 is 4.74 Å². The van der Waals surface area contributed by atoms with Gasteiger partial charge in [0, 0.05) is 25.0 Å². The minimum atomic E-state index is 0.342. The predicted octanol–water partition coefficient (Wildman–Crippen LogP) is 3.12. The summed E-state index contributed by atoms with van der Waals surface area (Å²) in [6.07, 6.45) is 7.61. The standard InChI is InChI=1S/C14H16ClN3O/c15-12-4-1-5-13(14(12)18-7-6-16-10-18)17-11-3-2-8-19-9-11/h1,4-7,10-11,17H,2-3,8-9H2. The molecule has 0 radical (unpaired) electrons. The molecule has 1 aromatic carbocycles. The Morgan fingerprint density at radius 3 is 3.11 bits per heavy atom. The molecule has 1 unspecified atom stereocenters. The van der Waals surface area contributed by atoms with Crippen LogP contribution in [0.2, 0.25) is 5.02 Å². The molecule has 3 rings (SSSR count). The topological polar surface area (TPSA) is 39.1 Å². The molecule has 0 aliphatic carbocycles. The van der Waals surface area contributed by atoms with Crippen LogP contribution in [0.5, 0.6) is 0 Å². The van der Waals surface area contributed by atoms with Gasteiger partial charge in [0.2, 0.25) is 0 Å². The van der Waals surface area contributed by atoms with Gasteiger partial charge in [-0.3, -0.25) is 0 Å². The van der Waals surface area contributed by atoms with E-state index < -0.39 is 0 Å². The molecule has 4 nitrogen and oxygen atoms in total. The first kappa shape index (κ1) is 12.5. The van der Waals surface area contributed by atoms with Gasteiger partial charge in [-0.05, 0) is 25.0 Å². The first-order chi connectivity index (χ1) is 9.34. The third kappa shape index (κ3) is 2.74. The molecular formula is C14H16ClN3O. The Bertz CT molecular complexity index is 536. The van der Waals surface area contributed by atoms with E-state index in [1.165, 1.54) is 0 Å². The zero-order valence-electron chi connectivity index (χ0n) is 10.6. The van der Waals surface area contributed by atoms with Crippen LogP contribution >= 0.6 is 11.6 Å². The van der Waals surface area contributed by atoms with Crippen LogP contribution in [0.15, 0.2) is 36.9 Å². The van der Waals surface area contributed by atoms with Gasteiger partial charge in [-0.15, -0.1) is 0 Å². The molecule has 100 valence electrons. The molecule has 1 saturated heterocycles. The Labute approximate surface area is 117 Å². The van der Waals surface area contributed by atoms with Gasteiger partial charge in [-0.1, -0.05) is 17.7 Å². The van der Waals surface area contributed by atoms with E-state index in [-0.39, 0.29) is 0 Å². The number of aromatic nitrogens is 2. The van der Waals surface area contributed by atoms with Gasteiger partial charge < -0.3 is 14.6 Å². The highest BCUT2D eigenvalue weighted by Crippen LogP contribution is 2.29. The van der Waals surface area contributed by atoms with E-state index in [1.807, 2.05) is 29.0 Å². The van der Waals surface area contributed by atoms with Gasteiger partial charge >= 0.3 is 0 Å². The normalized spacial score (nSPS) is 19.3. The van der Waals surface area contributed by atoms with Gasteiger partial charge in [0.05, 0.1) is 29.3 Å². The molecule has 0 bridgehead atoms. The Morgan fingerprint density at radius 1 is 1.42 bits per heavy atom. The van der Waals surface area contributed by atoms with E-state index in [0.717, 1.165) is 37.4 Å². The monoisotopic (exact) mass is 277 g/mol. The fourth-order valence-corrected chi connectivity index (χ4v) is 2.63. The number of hydrogen-bond acceptors (Lipinski definition) is 3. The molecule has 2 heterocycles. The van der Waals surface area contributed by atoms with E-state index in [0.29, 0.717) is 11.1 Å². The van der Waals surface area contributed by atoms with Crippen LogP contribution in [0.3, 0.4) is 0 Å². The van der Waals surface area contributed by atoms with Crippen LogP contribution in [-0.2, 0) is 4.74 Å². The van der Waals surface area contributed by atoms with Crippen molar-refractivity contribution in [2.24, 2.45) is 0 Å². The van der Waals surface area contributed by atoms with Crippen molar-refractivity contribution in [2.75, 3.05) is 18.5 Å². The number of benzene rings is 1. The molecule has 0 amide bonds. The molecule has 1 aliphatic heterocycles. The molecular weight excluding hydrogens is 262 g/mol. The van der Waals surface area contributed by atoms with Crippen molar-refractivity contribution in [2.45, 2.75) is 18.9 Å². The number of anilines is 1. The summed E-state index contributed by atoms with van der Waals surface area (Å²) in [6, 6.07) is 6.22. The molecule has 1 N–H and O–H groups in total. The third-order valence-corrected chi connectivity index (χ3v) is 3.57. The molecule has 1 aliphatic rings. The van der Waals surface area contributed by atoms with Crippen LogP contribution in [0.25, 0.3) is 5.69 Å². The molecule has 1 fully saturated rings. The largest absolute Gasteiger partial charge is 0.379 e. The number of rotatable bonds is 3. The van der Waals surface area contributed by atoms with Crippen molar-refractivity contribution in [3.63, 3.8) is 0 Å². The minimum Gasteiger partial charge on any atom is -0.379 e. The fourth-order valence-electron chi connectivity index (χ4n) is 2.36. The lowest BCUT2D eigenvalue weighted by molar-refractivity contribution is 0.0876. The summed E-state index contributed by atoms with van der Waals surface area (Å²) < 4.78 is 7.43. The number of halogens is 1. The van der Waals surface area contributed by atoms with Crippen LogP contribution in [0, 0.1) is 0 Å². The molecule has 1 aromatic heterocycles. The molecule has 19 heavy (non-hydrogen) atoms. The van der Waals surface area contributed by atoms with E-state index in [4.69, 9.17) is 16.3 Å². The van der Waals surface area contributed by atoms with Gasteiger partial charge in [-0.2, -0.15) is 0 Å². The Hall–Kier alpha value is -1.52. The Balaban J connectivity index is 1.90. The zero-order valence-corrected chi connectivity index (χ0v) is 11.3. The molecule has 0 spiro atoms. The lowest BCUT2D eigenvalue weighted by Crippen LogP contribution is -2.30. The number of nitrogens with zero attached hydrogens (tertiary/aromatic N) is 2. The van der Waals surface area contributed by atoms with E-state index >= 15 is 0 Å². The van der Waals surface area contributed by atoms with Gasteiger partial charge in [0.15, 0.2) is 0 Å². The van der Waals surface area contributed by atoms with Crippen molar-refractivity contribution in [1.29, 1.82) is 0 Å². The average Bonchev–Trinajstić information content (AvgIpc) is 2.94. The number of hydrogen-bond donors (Lipinski definition) is 1. The summed E-state index contributed by atoms with van der Waals surface area (Å²) >= 11 is 6.32. The first-order valence-electron chi connectivity index (χ1n) is 6.46. The number of imidazole rings is 1. The smallest absolute Gasteiger partial charge is 0.0992 e. The lowest BCUT2D eigenvalue weighted by Gasteiger charge is -2.25. The van der Waals surface area contributed by atoms with Crippen molar-refractivity contribution in [1.82, 2.24) is 9.55 Å². The summed E-state index contributed by atoms with van der Waals surface area (Å²) in [6.45, 7) is 1.61. The number of nitrogens with one attached hydrogen (secondary N) is 1. The van der Waals surface area contributed by atoms with E-state index in [2.05, 4.69) is 10.3 Å². The van der Waals surface area contributed by atoms with Crippen LogP contribution in [0.4, 0.5) is 5.69 Å². The second-order valence-corrected chi connectivity index (χ2v) is 5.07. The molecule has 5 heteroatoms. The van der Waals surface area contributed by atoms with Crippen LogP contribution in [-0.4, -0.2) is 28.8 Å². The quantitative estimate of drug-likeness (QED) is 0.937. The molecule has 2 aromatic rings. The van der Waals surface area contributed by atoms with E-state index in [1.54, 1.807) is 12.5 Å². The summed E-state index contributed by atoms with van der Waals surface area (Å²) in [4.78, 5) is 4.08. The molecule has 0 saturated carbocycles. The number of ether oxygens (including phenoxy) is 1. The van der Waals surface area contributed by atoms with E-state index in [9.17, 15) is 0 Å². The molecule has 1 atom stereocenters. The highest BCUT2D eigenvalue weighted by Gasteiger charge is 2.16. The SMILES string of the molecule is Clc1cccc(NC2CCCOC2)c1-n1ccnc1. The first-order valence-corrected chi connectivity index (χ1v) is 6.83. The summed E-state index contributed by atoms with van der Waals surface area (Å²) in [5, 5.41) is 4.23. The second kappa shape index (κ2) is 5.63. The maximum atomic E-state index is 6.32. The minimum absolute atomic E-state index is 0.342. The summed E-state index contributed by atoms with van der Waals surface area (Å²) in [5.74, 6) is 0. The summed E-state index contributed by atoms with van der Waals surface area (Å²) in [7, 11) is 0. The van der Waals surface area contributed by atoms with Crippen molar-refractivity contribution in [3.05, 3.63) is 41.9 Å². The lowest BCUT2D eigenvalue weighted by atomic mass is 10.1. The van der Waals surface area contributed by atoms with Gasteiger partial charge in [0.25, 0.3) is 0 Å². The Morgan fingerprint density at radius 2 is 2.37 bits per heavy atom. The highest BCUT2D eigenvalue weighted by atomic mass is 35.5. The van der Waals surface area contributed by atoms with Gasteiger partial charge in [0.1, 0.15) is 0 Å². The maximum absolute atomic E-state index is 6.32. The predicted molar refractivity (Wildman–Crippen MR) is 76.0 cm³/mol. The van der Waals surface area contributed by atoms with Crippen molar-refractivity contribution >= 4 is 17.3 Å². The zero-order chi connectivity index (χ0) is 13.1. The average molecular weight is 278 g/mol. The van der Waals surface area contributed by atoms with Crippen LogP contribution < -0.4 is 5.32 Å². The highest BCUT2D eigenvalue weighted by molar-refractivity contribution is 6.33. The fraction of sp³-hybridized carbons (Fsp3) is 0.357. The van der Waals surface area contributed by atoms with Crippen molar-refractivity contribution in [3.8, 4) is 5.69 Å². The maximum Gasteiger partial charge on any atom is 0.0992 e. The van der Waals surface area contributed by atoms with Gasteiger partial charge in [-0.25, -0.2) is 4.98 Å². The Kier molecular flexibility index (Phi) is 3.71. The number of para-hydroxylation sites is 1. The summed E-state index contributed by atoms with van der Waals surface area (Å²) in [5.41, 5.74) is 1.95. The second-order valence-electron chi connectivity index (χ2n) is 4.66. The van der Waals surface area contributed by atoms with Crippen LogP contribution in [0.1, 0.15) is 12.8 Å². The third-order valence-electron chi connectivity index (χ3n) is 3.27.